The second-order valence-corrected chi connectivity index (χ2v) is 3.21. The van der Waals surface area contributed by atoms with E-state index in [0.29, 0.717) is 6.61 Å². The molecule has 82 valence electrons. The molecular formula is C10H9F3O2. The van der Waals surface area contributed by atoms with E-state index < -0.39 is 11.7 Å². The van der Waals surface area contributed by atoms with Gasteiger partial charge in [0.1, 0.15) is 11.3 Å². The van der Waals surface area contributed by atoms with E-state index in [4.69, 9.17) is 9.47 Å². The molecule has 0 atom stereocenters. The zero-order valence-corrected chi connectivity index (χ0v) is 8.02. The number of alkyl halides is 3. The van der Waals surface area contributed by atoms with Crippen molar-refractivity contribution in [1.29, 1.82) is 0 Å². The van der Waals surface area contributed by atoms with E-state index in [-0.39, 0.29) is 17.2 Å². The Balaban J connectivity index is 2.30. The number of halogens is 3. The molecule has 2 heterocycles. The summed E-state index contributed by atoms with van der Waals surface area (Å²) in [4.78, 5) is 0. The van der Waals surface area contributed by atoms with Crippen LogP contribution >= 0.6 is 0 Å². The number of benzene rings is 1. The van der Waals surface area contributed by atoms with Crippen LogP contribution < -0.4 is 9.47 Å². The lowest BCUT2D eigenvalue weighted by molar-refractivity contribution is -0.143. The van der Waals surface area contributed by atoms with Crippen LogP contribution in [0.1, 0.15) is 18.9 Å². The van der Waals surface area contributed by atoms with Crippen molar-refractivity contribution in [2.75, 3.05) is 6.61 Å². The number of ether oxygens (including phenoxy) is 2. The largest absolute Gasteiger partial charge is 0.490 e. The Morgan fingerprint density at radius 3 is 2.60 bits per heavy atom. The number of fused-ring (bicyclic) bond motifs is 2. The molecule has 0 N–H and O–H groups in total. The van der Waals surface area contributed by atoms with Gasteiger partial charge in [0.15, 0.2) is 11.5 Å². The standard InChI is InChI=1S/C10H9F3O2/c1-2-5-14-7-4-3-6-8(9(7)15-6)10(11,12)13/h3-4H,2,5H2,1H3. The van der Waals surface area contributed by atoms with E-state index >= 15 is 0 Å². The van der Waals surface area contributed by atoms with Gasteiger partial charge in [-0.3, -0.25) is 0 Å². The molecule has 0 aromatic heterocycles. The fourth-order valence-corrected chi connectivity index (χ4v) is 1.39. The highest BCUT2D eigenvalue weighted by Crippen LogP contribution is 2.55. The third kappa shape index (κ3) is 1.62. The Morgan fingerprint density at radius 1 is 1.33 bits per heavy atom. The van der Waals surface area contributed by atoms with E-state index in [0.717, 1.165) is 6.42 Å². The normalized spacial score (nSPS) is 13.1. The lowest BCUT2D eigenvalue weighted by Gasteiger charge is -2.27. The average molecular weight is 218 g/mol. The monoisotopic (exact) mass is 218 g/mol. The van der Waals surface area contributed by atoms with E-state index in [1.807, 2.05) is 6.92 Å². The number of hydrogen-bond acceptors (Lipinski definition) is 2. The molecule has 0 amide bonds. The van der Waals surface area contributed by atoms with Gasteiger partial charge >= 0.3 is 6.18 Å². The minimum Gasteiger partial charge on any atom is -0.490 e. The van der Waals surface area contributed by atoms with Gasteiger partial charge in [-0.05, 0) is 18.6 Å². The summed E-state index contributed by atoms with van der Waals surface area (Å²) in [5.74, 6) is -0.144. The summed E-state index contributed by atoms with van der Waals surface area (Å²) in [7, 11) is 0. The minimum absolute atomic E-state index is 0.124. The van der Waals surface area contributed by atoms with E-state index in [1.54, 1.807) is 0 Å². The quantitative estimate of drug-likeness (QED) is 0.783. The van der Waals surface area contributed by atoms with Crippen molar-refractivity contribution in [3.8, 4) is 17.2 Å². The summed E-state index contributed by atoms with van der Waals surface area (Å²) >= 11 is 0. The lowest BCUT2D eigenvalue weighted by Crippen LogP contribution is -2.17. The lowest BCUT2D eigenvalue weighted by atomic mass is 10.1. The van der Waals surface area contributed by atoms with Crippen LogP contribution in [0.4, 0.5) is 13.2 Å². The van der Waals surface area contributed by atoms with Crippen molar-refractivity contribution < 1.29 is 22.6 Å². The van der Waals surface area contributed by atoms with Crippen LogP contribution in [0.2, 0.25) is 0 Å². The molecule has 0 saturated heterocycles. The maximum atomic E-state index is 12.5. The maximum absolute atomic E-state index is 12.5. The predicted octanol–water partition coefficient (Wildman–Crippen LogP) is 3.60. The summed E-state index contributed by atoms with van der Waals surface area (Å²) < 4.78 is 47.4. The first-order valence-electron chi connectivity index (χ1n) is 4.59. The zero-order chi connectivity index (χ0) is 11.1. The molecule has 2 aliphatic rings. The van der Waals surface area contributed by atoms with Gasteiger partial charge in [-0.15, -0.1) is 0 Å². The Bertz CT molecular complexity index is 385. The molecule has 0 spiro atoms. The van der Waals surface area contributed by atoms with Gasteiger partial charge in [-0.1, -0.05) is 6.92 Å². The molecule has 0 aliphatic carbocycles. The van der Waals surface area contributed by atoms with Gasteiger partial charge in [0, 0.05) is 0 Å². The van der Waals surface area contributed by atoms with Gasteiger partial charge in [0.05, 0.1) is 6.61 Å². The Morgan fingerprint density at radius 2 is 2.07 bits per heavy atom. The SMILES string of the molecule is CCCOc1ccc2c(C(F)(F)F)c1O2. The average Bonchev–Trinajstić information content (AvgIpc) is 2.11. The second kappa shape index (κ2) is 3.32. The van der Waals surface area contributed by atoms with E-state index in [2.05, 4.69) is 0 Å². The van der Waals surface area contributed by atoms with Gasteiger partial charge in [0.25, 0.3) is 0 Å². The highest BCUT2D eigenvalue weighted by atomic mass is 19.4. The summed E-state index contributed by atoms with van der Waals surface area (Å²) in [6.45, 7) is 2.26. The van der Waals surface area contributed by atoms with Crippen molar-refractivity contribution in [1.82, 2.24) is 0 Å². The van der Waals surface area contributed by atoms with Crippen LogP contribution in [0.15, 0.2) is 12.1 Å². The Kier molecular flexibility index (Phi) is 2.25. The zero-order valence-electron chi connectivity index (χ0n) is 8.02. The van der Waals surface area contributed by atoms with Crippen molar-refractivity contribution in [2.45, 2.75) is 19.5 Å². The first-order valence-corrected chi connectivity index (χ1v) is 4.59. The molecule has 1 aromatic rings. The first-order chi connectivity index (χ1) is 7.04. The summed E-state index contributed by atoms with van der Waals surface area (Å²) in [6.07, 6.45) is -3.63. The van der Waals surface area contributed by atoms with Crippen LogP contribution in [0, 0.1) is 0 Å². The number of rotatable bonds is 3. The van der Waals surface area contributed by atoms with Crippen LogP contribution in [0.3, 0.4) is 0 Å². The van der Waals surface area contributed by atoms with Crippen molar-refractivity contribution >= 4 is 0 Å². The third-order valence-electron chi connectivity index (χ3n) is 2.04. The topological polar surface area (TPSA) is 18.5 Å². The molecular weight excluding hydrogens is 209 g/mol. The highest BCUT2D eigenvalue weighted by Gasteiger charge is 2.45. The molecule has 3 rings (SSSR count). The molecule has 1 aromatic carbocycles. The predicted molar refractivity (Wildman–Crippen MR) is 47.3 cm³/mol. The Labute approximate surface area is 84.6 Å². The second-order valence-electron chi connectivity index (χ2n) is 3.21. The van der Waals surface area contributed by atoms with Crippen molar-refractivity contribution in [2.24, 2.45) is 0 Å². The smallest absolute Gasteiger partial charge is 0.423 e. The van der Waals surface area contributed by atoms with E-state index in [1.165, 1.54) is 12.1 Å². The van der Waals surface area contributed by atoms with E-state index in [9.17, 15) is 13.2 Å². The molecule has 15 heavy (non-hydrogen) atoms. The third-order valence-corrected chi connectivity index (χ3v) is 2.04. The van der Waals surface area contributed by atoms with Gasteiger partial charge in [-0.25, -0.2) is 0 Å². The van der Waals surface area contributed by atoms with Gasteiger partial charge in [-0.2, -0.15) is 13.2 Å². The molecule has 0 fully saturated rings. The minimum atomic E-state index is -4.37. The molecule has 0 radical (unpaired) electrons. The molecule has 0 unspecified atom stereocenters. The van der Waals surface area contributed by atoms with Gasteiger partial charge in [0.2, 0.25) is 0 Å². The number of hydrogen-bond donors (Lipinski definition) is 0. The fraction of sp³-hybridized carbons (Fsp3) is 0.400. The van der Waals surface area contributed by atoms with Crippen molar-refractivity contribution in [3.63, 3.8) is 0 Å². The summed E-state index contributed by atoms with van der Waals surface area (Å²) in [5, 5.41) is 0. The highest BCUT2D eigenvalue weighted by molar-refractivity contribution is 5.63. The van der Waals surface area contributed by atoms with Crippen LogP contribution in [-0.2, 0) is 6.18 Å². The van der Waals surface area contributed by atoms with Crippen LogP contribution in [-0.4, -0.2) is 6.61 Å². The molecule has 2 bridgehead atoms. The maximum Gasteiger partial charge on any atom is 0.423 e. The summed E-state index contributed by atoms with van der Waals surface area (Å²) in [6, 6.07) is 2.78. The van der Waals surface area contributed by atoms with Crippen LogP contribution in [0.25, 0.3) is 0 Å². The van der Waals surface area contributed by atoms with Crippen molar-refractivity contribution in [3.05, 3.63) is 17.7 Å². The fourth-order valence-electron chi connectivity index (χ4n) is 1.39. The molecule has 0 saturated carbocycles. The Hall–Kier alpha value is -1.39. The van der Waals surface area contributed by atoms with Crippen LogP contribution in [0.5, 0.6) is 17.2 Å². The molecule has 2 aliphatic heterocycles. The summed E-state index contributed by atoms with van der Waals surface area (Å²) in [5.41, 5.74) is -0.712. The molecule has 5 heteroatoms. The first kappa shape index (κ1) is 10.1. The van der Waals surface area contributed by atoms with Gasteiger partial charge < -0.3 is 9.47 Å². The molecule has 2 nitrogen and oxygen atoms in total.